The lowest BCUT2D eigenvalue weighted by atomic mass is 10.1. The van der Waals surface area contributed by atoms with Crippen molar-refractivity contribution < 1.29 is 18.4 Å². The first-order valence-corrected chi connectivity index (χ1v) is 8.75. The molecule has 1 N–H and O–H groups in total. The van der Waals surface area contributed by atoms with Crippen molar-refractivity contribution in [1.82, 2.24) is 4.98 Å². The number of nitrogens with one attached hydrogen (secondary N) is 1. The Bertz CT molecular complexity index is 1020. The van der Waals surface area contributed by atoms with Crippen LogP contribution in [-0.4, -0.2) is 23.3 Å². The molecule has 26 heavy (non-hydrogen) atoms. The topological polar surface area (TPSA) is 62.3 Å². The third-order valence-electron chi connectivity index (χ3n) is 4.22. The predicted octanol–water partition coefficient (Wildman–Crippen LogP) is 3.57. The van der Waals surface area contributed by atoms with Crippen LogP contribution < -0.4 is 10.2 Å². The lowest BCUT2D eigenvalue weighted by Crippen LogP contribution is -2.28. The maximum Gasteiger partial charge on any atom is 0.231 e. The van der Waals surface area contributed by atoms with Gasteiger partial charge in [-0.1, -0.05) is 23.5 Å². The summed E-state index contributed by atoms with van der Waals surface area (Å²) in [5, 5.41) is 3.01. The van der Waals surface area contributed by atoms with Gasteiger partial charge >= 0.3 is 0 Å². The van der Waals surface area contributed by atoms with Crippen molar-refractivity contribution in [2.24, 2.45) is 5.92 Å². The third-order valence-corrected chi connectivity index (χ3v) is 5.15. The Balaban J connectivity index is 1.50. The Labute approximate surface area is 151 Å². The van der Waals surface area contributed by atoms with Gasteiger partial charge in [-0.05, 0) is 30.3 Å². The predicted molar refractivity (Wildman–Crippen MR) is 95.1 cm³/mol. The summed E-state index contributed by atoms with van der Waals surface area (Å²) in [4.78, 5) is 30.2. The number of fused-ring (bicyclic) bond motifs is 1. The summed E-state index contributed by atoms with van der Waals surface area (Å²) in [5.41, 5.74) is 0.755. The van der Waals surface area contributed by atoms with Crippen molar-refractivity contribution in [3.05, 3.63) is 54.1 Å². The van der Waals surface area contributed by atoms with Gasteiger partial charge in [-0.3, -0.25) is 9.59 Å². The third kappa shape index (κ3) is 3.03. The Kier molecular flexibility index (Phi) is 4.12. The summed E-state index contributed by atoms with van der Waals surface area (Å²) in [6.45, 7) is 0.102. The van der Waals surface area contributed by atoms with Crippen LogP contribution in [0.5, 0.6) is 0 Å². The van der Waals surface area contributed by atoms with E-state index in [1.54, 1.807) is 12.1 Å². The first-order valence-electron chi connectivity index (χ1n) is 7.93. The molecule has 1 fully saturated rings. The number of carbonyl (C=O) groups is 2. The number of para-hydroxylation sites is 1. The standard InChI is InChI=1S/C18H13F2N3O2S/c19-11-5-6-13-15(8-11)26-18(21-13)22-17(25)10-7-16(24)23(9-10)14-4-2-1-3-12(14)20/h1-6,8,10H,7,9H2,(H,21,22,25)/t10-/m1/s1. The monoisotopic (exact) mass is 373 g/mol. The van der Waals surface area contributed by atoms with Crippen LogP contribution in [0.15, 0.2) is 42.5 Å². The molecule has 1 aliphatic heterocycles. The van der Waals surface area contributed by atoms with Crippen LogP contribution in [0.25, 0.3) is 10.2 Å². The number of carbonyl (C=O) groups excluding carboxylic acids is 2. The van der Waals surface area contributed by atoms with Crippen LogP contribution in [0.4, 0.5) is 19.6 Å². The molecule has 0 spiro atoms. The van der Waals surface area contributed by atoms with Gasteiger partial charge in [-0.25, -0.2) is 13.8 Å². The Morgan fingerprint density at radius 3 is 2.85 bits per heavy atom. The number of hydrogen-bond acceptors (Lipinski definition) is 4. The highest BCUT2D eigenvalue weighted by molar-refractivity contribution is 7.22. The summed E-state index contributed by atoms with van der Waals surface area (Å²) in [5.74, 6) is -2.15. The van der Waals surface area contributed by atoms with Crippen LogP contribution in [0.2, 0.25) is 0 Å². The van der Waals surface area contributed by atoms with Crippen molar-refractivity contribution in [3.63, 3.8) is 0 Å². The number of rotatable bonds is 3. The number of anilines is 2. The van der Waals surface area contributed by atoms with E-state index in [0.29, 0.717) is 15.3 Å². The molecule has 3 aromatic rings. The van der Waals surface area contributed by atoms with Gasteiger partial charge in [0, 0.05) is 13.0 Å². The second-order valence-electron chi connectivity index (χ2n) is 5.98. The van der Waals surface area contributed by atoms with E-state index in [4.69, 9.17) is 0 Å². The van der Waals surface area contributed by atoms with Gasteiger partial charge in [0.15, 0.2) is 5.13 Å². The number of benzene rings is 2. The first kappa shape index (κ1) is 16.6. The quantitative estimate of drug-likeness (QED) is 0.764. The van der Waals surface area contributed by atoms with E-state index in [1.807, 2.05) is 0 Å². The number of amides is 2. The molecule has 1 atom stereocenters. The fourth-order valence-corrected chi connectivity index (χ4v) is 3.84. The highest BCUT2D eigenvalue weighted by Crippen LogP contribution is 2.30. The zero-order valence-electron chi connectivity index (χ0n) is 13.4. The molecule has 2 aromatic carbocycles. The number of nitrogens with zero attached hydrogens (tertiary/aromatic N) is 2. The van der Waals surface area contributed by atoms with E-state index in [0.717, 1.165) is 11.3 Å². The van der Waals surface area contributed by atoms with Crippen molar-refractivity contribution in [3.8, 4) is 0 Å². The van der Waals surface area contributed by atoms with Crippen LogP contribution in [0.3, 0.4) is 0 Å². The number of halogens is 2. The Morgan fingerprint density at radius 2 is 2.04 bits per heavy atom. The molecule has 0 saturated carbocycles. The minimum atomic E-state index is -0.606. The second kappa shape index (κ2) is 6.45. The maximum absolute atomic E-state index is 13.9. The minimum absolute atomic E-state index is 0.000307. The lowest BCUT2D eigenvalue weighted by Gasteiger charge is -2.17. The molecule has 2 heterocycles. The van der Waals surface area contributed by atoms with E-state index >= 15 is 0 Å². The molecule has 1 aromatic heterocycles. The van der Waals surface area contributed by atoms with E-state index < -0.39 is 11.7 Å². The summed E-state index contributed by atoms with van der Waals surface area (Å²) in [7, 11) is 0. The SMILES string of the molecule is O=C(Nc1nc2ccc(F)cc2s1)[C@@H]1CC(=O)N(c2ccccc2F)C1. The summed E-state index contributed by atoms with van der Waals surface area (Å²) < 4.78 is 27.8. The number of aromatic nitrogens is 1. The highest BCUT2D eigenvalue weighted by Gasteiger charge is 2.36. The normalized spacial score (nSPS) is 17.1. The molecule has 2 amide bonds. The molecular formula is C18H13F2N3O2S. The number of hydrogen-bond donors (Lipinski definition) is 1. The molecule has 0 radical (unpaired) electrons. The van der Waals surface area contributed by atoms with Crippen LogP contribution in [-0.2, 0) is 9.59 Å². The Hall–Kier alpha value is -2.87. The summed E-state index contributed by atoms with van der Waals surface area (Å²) in [6, 6.07) is 10.2. The maximum atomic E-state index is 13.9. The molecule has 132 valence electrons. The molecule has 1 saturated heterocycles. The van der Waals surface area contributed by atoms with E-state index in [2.05, 4.69) is 10.3 Å². The van der Waals surface area contributed by atoms with Crippen LogP contribution >= 0.6 is 11.3 Å². The molecule has 0 aliphatic carbocycles. The fourth-order valence-electron chi connectivity index (χ4n) is 2.95. The largest absolute Gasteiger partial charge is 0.309 e. The summed E-state index contributed by atoms with van der Waals surface area (Å²) >= 11 is 1.16. The molecular weight excluding hydrogens is 360 g/mol. The van der Waals surface area contributed by atoms with Gasteiger partial charge in [0.05, 0.1) is 21.8 Å². The van der Waals surface area contributed by atoms with Crippen molar-refractivity contribution in [1.29, 1.82) is 0 Å². The smallest absolute Gasteiger partial charge is 0.231 e. The van der Waals surface area contributed by atoms with Crippen LogP contribution in [0, 0.1) is 17.6 Å². The first-order chi connectivity index (χ1) is 12.5. The second-order valence-corrected chi connectivity index (χ2v) is 7.01. The number of thiazole rings is 1. The van der Waals surface area contributed by atoms with Gasteiger partial charge in [0.2, 0.25) is 11.8 Å². The van der Waals surface area contributed by atoms with E-state index in [9.17, 15) is 18.4 Å². The lowest BCUT2D eigenvalue weighted by molar-refractivity contribution is -0.122. The highest BCUT2D eigenvalue weighted by atomic mass is 32.1. The molecule has 0 unspecified atom stereocenters. The van der Waals surface area contributed by atoms with Crippen LogP contribution in [0.1, 0.15) is 6.42 Å². The zero-order chi connectivity index (χ0) is 18.3. The van der Waals surface area contributed by atoms with Gasteiger partial charge in [-0.2, -0.15) is 0 Å². The van der Waals surface area contributed by atoms with Gasteiger partial charge in [0.25, 0.3) is 0 Å². The van der Waals surface area contributed by atoms with Gasteiger partial charge < -0.3 is 10.2 Å². The average Bonchev–Trinajstić information content (AvgIpc) is 3.18. The van der Waals surface area contributed by atoms with Gasteiger partial charge in [-0.15, -0.1) is 0 Å². The molecule has 5 nitrogen and oxygen atoms in total. The molecule has 1 aliphatic rings. The van der Waals surface area contributed by atoms with Crippen molar-refractivity contribution >= 4 is 44.2 Å². The molecule has 4 rings (SSSR count). The average molecular weight is 373 g/mol. The van der Waals surface area contributed by atoms with Crippen molar-refractivity contribution in [2.75, 3.05) is 16.8 Å². The van der Waals surface area contributed by atoms with E-state index in [-0.39, 0.29) is 36.3 Å². The van der Waals surface area contributed by atoms with Crippen molar-refractivity contribution in [2.45, 2.75) is 6.42 Å². The molecule has 0 bridgehead atoms. The summed E-state index contributed by atoms with van der Waals surface area (Å²) in [6.07, 6.45) is -0.000307. The Morgan fingerprint density at radius 1 is 1.23 bits per heavy atom. The zero-order valence-corrected chi connectivity index (χ0v) is 14.2. The minimum Gasteiger partial charge on any atom is -0.309 e. The fraction of sp³-hybridized carbons (Fsp3) is 0.167. The van der Waals surface area contributed by atoms with E-state index in [1.165, 1.54) is 35.2 Å². The molecule has 8 heteroatoms. The van der Waals surface area contributed by atoms with Gasteiger partial charge in [0.1, 0.15) is 11.6 Å².